The molecule has 0 spiro atoms. The number of allylic oxidation sites excluding steroid dienone is 7. The van der Waals surface area contributed by atoms with Crippen molar-refractivity contribution in [3.63, 3.8) is 0 Å². The molecule has 3 heteroatoms. The molecule has 0 radical (unpaired) electrons. The first-order chi connectivity index (χ1) is 12.7. The van der Waals surface area contributed by atoms with Crippen molar-refractivity contribution in [3.8, 4) is 0 Å². The SMILES string of the molecule is CCCC(O)NC(=O)C=C(C)CCC=C(C)CCC=C(C)CCC=C(C)C. The third-order valence-corrected chi connectivity index (χ3v) is 4.40. The molecule has 1 amide bonds. The molecule has 154 valence electrons. The maximum Gasteiger partial charge on any atom is 0.245 e. The van der Waals surface area contributed by atoms with Crippen molar-refractivity contribution in [3.05, 3.63) is 46.6 Å². The van der Waals surface area contributed by atoms with Crippen molar-refractivity contribution in [2.24, 2.45) is 0 Å². The van der Waals surface area contributed by atoms with E-state index in [1.54, 1.807) is 6.08 Å². The van der Waals surface area contributed by atoms with Crippen LogP contribution in [0.5, 0.6) is 0 Å². The van der Waals surface area contributed by atoms with Crippen LogP contribution < -0.4 is 5.32 Å². The van der Waals surface area contributed by atoms with E-state index in [0.29, 0.717) is 6.42 Å². The van der Waals surface area contributed by atoms with Gasteiger partial charge >= 0.3 is 0 Å². The van der Waals surface area contributed by atoms with E-state index in [0.717, 1.165) is 50.5 Å². The lowest BCUT2D eigenvalue weighted by atomic mass is 10.0. The Bertz CT molecular complexity index is 549. The minimum absolute atomic E-state index is 0.206. The second-order valence-electron chi connectivity index (χ2n) is 7.80. The highest BCUT2D eigenvalue weighted by molar-refractivity contribution is 5.88. The fourth-order valence-electron chi connectivity index (χ4n) is 2.73. The summed E-state index contributed by atoms with van der Waals surface area (Å²) >= 11 is 0. The van der Waals surface area contributed by atoms with Gasteiger partial charge in [-0.15, -0.1) is 0 Å². The number of aliphatic hydroxyl groups excluding tert-OH is 1. The van der Waals surface area contributed by atoms with E-state index in [1.165, 1.54) is 16.7 Å². The van der Waals surface area contributed by atoms with Crippen LogP contribution in [0.15, 0.2) is 46.6 Å². The molecule has 3 nitrogen and oxygen atoms in total. The van der Waals surface area contributed by atoms with Gasteiger partial charge in [-0.1, -0.05) is 53.9 Å². The van der Waals surface area contributed by atoms with Crippen LogP contribution in [0.25, 0.3) is 0 Å². The smallest absolute Gasteiger partial charge is 0.245 e. The molecule has 0 aliphatic heterocycles. The van der Waals surface area contributed by atoms with Crippen LogP contribution in [0.2, 0.25) is 0 Å². The highest BCUT2D eigenvalue weighted by atomic mass is 16.3. The lowest BCUT2D eigenvalue weighted by Crippen LogP contribution is -2.33. The maximum absolute atomic E-state index is 11.8. The van der Waals surface area contributed by atoms with E-state index in [9.17, 15) is 9.90 Å². The molecule has 0 heterocycles. The quantitative estimate of drug-likeness (QED) is 0.223. The predicted molar refractivity (Wildman–Crippen MR) is 117 cm³/mol. The Hall–Kier alpha value is -1.61. The molecular formula is C24H41NO2. The van der Waals surface area contributed by atoms with E-state index >= 15 is 0 Å². The van der Waals surface area contributed by atoms with Crippen molar-refractivity contribution >= 4 is 5.91 Å². The van der Waals surface area contributed by atoms with Gasteiger partial charge in [-0.25, -0.2) is 0 Å². The van der Waals surface area contributed by atoms with Gasteiger partial charge < -0.3 is 10.4 Å². The molecule has 0 aromatic heterocycles. The molecule has 0 saturated heterocycles. The first-order valence-corrected chi connectivity index (χ1v) is 10.3. The van der Waals surface area contributed by atoms with E-state index < -0.39 is 6.23 Å². The van der Waals surface area contributed by atoms with Crippen molar-refractivity contribution in [1.29, 1.82) is 0 Å². The van der Waals surface area contributed by atoms with Crippen LogP contribution in [-0.4, -0.2) is 17.2 Å². The average Bonchev–Trinajstić information content (AvgIpc) is 2.54. The van der Waals surface area contributed by atoms with Crippen molar-refractivity contribution in [2.45, 2.75) is 99.1 Å². The van der Waals surface area contributed by atoms with Crippen LogP contribution in [0.1, 0.15) is 92.9 Å². The number of amides is 1. The highest BCUT2D eigenvalue weighted by Crippen LogP contribution is 2.13. The molecule has 0 saturated carbocycles. The fourth-order valence-corrected chi connectivity index (χ4v) is 2.73. The van der Waals surface area contributed by atoms with Crippen molar-refractivity contribution in [1.82, 2.24) is 5.32 Å². The molecule has 0 rings (SSSR count). The number of aliphatic hydroxyl groups is 1. The van der Waals surface area contributed by atoms with Crippen LogP contribution in [-0.2, 0) is 4.79 Å². The zero-order valence-electron chi connectivity index (χ0n) is 18.4. The molecular weight excluding hydrogens is 334 g/mol. The molecule has 0 bridgehead atoms. The third kappa shape index (κ3) is 16.3. The van der Waals surface area contributed by atoms with Gasteiger partial charge in [0, 0.05) is 6.08 Å². The number of hydrogen-bond acceptors (Lipinski definition) is 2. The number of nitrogens with one attached hydrogen (secondary N) is 1. The maximum atomic E-state index is 11.8. The van der Waals surface area contributed by atoms with Gasteiger partial charge in [-0.2, -0.15) is 0 Å². The van der Waals surface area contributed by atoms with Gasteiger partial charge in [0.05, 0.1) is 0 Å². The fraction of sp³-hybridized carbons (Fsp3) is 0.625. The van der Waals surface area contributed by atoms with Gasteiger partial charge in [0.1, 0.15) is 6.23 Å². The average molecular weight is 376 g/mol. The molecule has 1 unspecified atom stereocenters. The van der Waals surface area contributed by atoms with Gasteiger partial charge in [0.25, 0.3) is 0 Å². The minimum atomic E-state index is -0.743. The topological polar surface area (TPSA) is 49.3 Å². The summed E-state index contributed by atoms with van der Waals surface area (Å²) in [6.45, 7) is 12.6. The van der Waals surface area contributed by atoms with Crippen molar-refractivity contribution < 1.29 is 9.90 Å². The summed E-state index contributed by atoms with van der Waals surface area (Å²) in [5.74, 6) is -0.206. The zero-order valence-corrected chi connectivity index (χ0v) is 18.4. The number of hydrogen-bond donors (Lipinski definition) is 2. The van der Waals surface area contributed by atoms with Crippen LogP contribution in [0.4, 0.5) is 0 Å². The monoisotopic (exact) mass is 375 g/mol. The summed E-state index contributed by atoms with van der Waals surface area (Å²) in [5.41, 5.74) is 5.30. The van der Waals surface area contributed by atoms with Crippen LogP contribution >= 0.6 is 0 Å². The standard InChI is InChI=1S/C24H41NO2/c1-7-11-23(26)25-24(27)18-22(6)17-10-16-21(5)15-9-14-20(4)13-8-12-19(2)3/h12,14,16,18,23,26H,7-11,13,15,17H2,1-6H3,(H,25,27). The first kappa shape index (κ1) is 25.4. The largest absolute Gasteiger partial charge is 0.374 e. The molecule has 0 fully saturated rings. The Kier molecular flexibility index (Phi) is 14.5. The van der Waals surface area contributed by atoms with Gasteiger partial charge in [-0.05, 0) is 79.6 Å². The molecule has 0 aromatic carbocycles. The molecule has 1 atom stereocenters. The molecule has 0 aromatic rings. The summed E-state index contributed by atoms with van der Waals surface area (Å²) < 4.78 is 0. The van der Waals surface area contributed by atoms with Crippen molar-refractivity contribution in [2.75, 3.05) is 0 Å². The zero-order chi connectivity index (χ0) is 20.7. The number of carbonyl (C=O) groups excluding carboxylic acids is 1. The van der Waals surface area contributed by atoms with Gasteiger partial charge in [0.15, 0.2) is 0 Å². The van der Waals surface area contributed by atoms with E-state index in [1.807, 2.05) is 13.8 Å². The Labute approximate surface area is 167 Å². The molecule has 2 N–H and O–H groups in total. The lowest BCUT2D eigenvalue weighted by molar-refractivity contribution is -0.119. The molecule has 27 heavy (non-hydrogen) atoms. The normalized spacial score (nSPS) is 14.1. The van der Waals surface area contributed by atoms with Gasteiger partial charge in [0.2, 0.25) is 5.91 Å². The predicted octanol–water partition coefficient (Wildman–Crippen LogP) is 6.37. The molecule has 0 aliphatic carbocycles. The second-order valence-corrected chi connectivity index (χ2v) is 7.80. The third-order valence-electron chi connectivity index (χ3n) is 4.40. The Balaban J connectivity index is 4.15. The summed E-state index contributed by atoms with van der Waals surface area (Å²) in [6.07, 6.45) is 15.5. The number of rotatable bonds is 13. The van der Waals surface area contributed by atoms with Crippen LogP contribution in [0.3, 0.4) is 0 Å². The first-order valence-electron chi connectivity index (χ1n) is 10.3. The summed E-state index contributed by atoms with van der Waals surface area (Å²) in [5, 5.41) is 12.2. The Morgan fingerprint density at radius 3 is 1.81 bits per heavy atom. The summed E-state index contributed by atoms with van der Waals surface area (Å²) in [7, 11) is 0. The van der Waals surface area contributed by atoms with E-state index in [2.05, 4.69) is 51.2 Å². The summed E-state index contributed by atoms with van der Waals surface area (Å²) in [4.78, 5) is 11.8. The molecule has 0 aliphatic rings. The summed E-state index contributed by atoms with van der Waals surface area (Å²) in [6, 6.07) is 0. The Morgan fingerprint density at radius 2 is 1.33 bits per heavy atom. The Morgan fingerprint density at radius 1 is 0.852 bits per heavy atom. The minimum Gasteiger partial charge on any atom is -0.374 e. The van der Waals surface area contributed by atoms with Gasteiger partial charge in [-0.3, -0.25) is 4.79 Å². The lowest BCUT2D eigenvalue weighted by Gasteiger charge is -2.10. The highest BCUT2D eigenvalue weighted by Gasteiger charge is 2.05. The van der Waals surface area contributed by atoms with E-state index in [4.69, 9.17) is 0 Å². The second kappa shape index (κ2) is 15.4. The van der Waals surface area contributed by atoms with Crippen LogP contribution in [0, 0.1) is 0 Å². The van der Waals surface area contributed by atoms with E-state index in [-0.39, 0.29) is 5.91 Å². The number of carbonyl (C=O) groups is 1.